The normalized spacial score (nSPS) is 11.6. The van der Waals surface area contributed by atoms with Gasteiger partial charge < -0.3 is 10.0 Å². The zero-order chi connectivity index (χ0) is 16.4. The van der Waals surface area contributed by atoms with Gasteiger partial charge in [0.1, 0.15) is 0 Å². The zero-order valence-electron chi connectivity index (χ0n) is 13.4. The van der Waals surface area contributed by atoms with E-state index in [1.54, 1.807) is 0 Å². The van der Waals surface area contributed by atoms with Crippen LogP contribution in [0.2, 0.25) is 0 Å². The average molecular weight is 326 g/mol. The Balaban J connectivity index is 2.32. The maximum Gasteiger partial charge on any atom is 0.488 e. The first kappa shape index (κ1) is 19.2. The van der Waals surface area contributed by atoms with E-state index < -0.39 is 17.0 Å². The Bertz CT molecular complexity index is 511. The Labute approximate surface area is 134 Å². The summed E-state index contributed by atoms with van der Waals surface area (Å²) < 4.78 is 24.3. The molecule has 0 unspecified atom stereocenters. The fourth-order valence-corrected chi connectivity index (χ4v) is 3.76. The number of hydrogen-bond donors (Lipinski definition) is 2. The van der Waals surface area contributed by atoms with E-state index in [1.807, 2.05) is 0 Å². The van der Waals surface area contributed by atoms with Crippen molar-refractivity contribution < 1.29 is 18.5 Å². The molecule has 4 nitrogen and oxygen atoms in total. The van der Waals surface area contributed by atoms with Crippen LogP contribution in [0.25, 0.3) is 0 Å². The highest BCUT2D eigenvalue weighted by Crippen LogP contribution is 2.14. The molecule has 1 aromatic carbocycles. The fraction of sp³-hybridized carbons (Fsp3) is 0.625. The summed E-state index contributed by atoms with van der Waals surface area (Å²) in [6.07, 6.45) is 8.94. The lowest BCUT2D eigenvalue weighted by molar-refractivity contribution is 0.425. The highest BCUT2D eigenvalue weighted by atomic mass is 32.2. The van der Waals surface area contributed by atoms with Gasteiger partial charge in [0.15, 0.2) is 9.84 Å². The van der Waals surface area contributed by atoms with Crippen LogP contribution >= 0.6 is 0 Å². The van der Waals surface area contributed by atoms with Gasteiger partial charge in [0.05, 0.1) is 10.6 Å². The smallest absolute Gasteiger partial charge is 0.423 e. The van der Waals surface area contributed by atoms with Crippen molar-refractivity contribution in [3.63, 3.8) is 0 Å². The monoisotopic (exact) mass is 326 g/mol. The van der Waals surface area contributed by atoms with Gasteiger partial charge in [-0.25, -0.2) is 8.42 Å². The van der Waals surface area contributed by atoms with E-state index in [4.69, 9.17) is 10.0 Å². The molecule has 1 rings (SSSR count). The lowest BCUT2D eigenvalue weighted by atomic mass is 9.81. The predicted molar refractivity (Wildman–Crippen MR) is 90.9 cm³/mol. The molecule has 0 aliphatic heterocycles. The molecule has 0 saturated heterocycles. The first-order chi connectivity index (χ1) is 10.5. The molecule has 0 aromatic heterocycles. The molecule has 0 fully saturated rings. The summed E-state index contributed by atoms with van der Waals surface area (Å²) in [6.45, 7) is 2.19. The van der Waals surface area contributed by atoms with Crippen LogP contribution in [0.4, 0.5) is 0 Å². The van der Waals surface area contributed by atoms with Crippen molar-refractivity contribution in [1.82, 2.24) is 0 Å². The number of hydrogen-bond acceptors (Lipinski definition) is 4. The van der Waals surface area contributed by atoms with Crippen LogP contribution in [-0.2, 0) is 9.84 Å². The Hall–Kier alpha value is -0.845. The third-order valence-corrected chi connectivity index (χ3v) is 5.62. The summed E-state index contributed by atoms with van der Waals surface area (Å²) in [5.74, 6) is 0.156. The lowest BCUT2D eigenvalue weighted by Crippen LogP contribution is -2.29. The van der Waals surface area contributed by atoms with Gasteiger partial charge in [-0.2, -0.15) is 0 Å². The molecule has 0 radical (unpaired) electrons. The van der Waals surface area contributed by atoms with E-state index >= 15 is 0 Å². The molecular weight excluding hydrogens is 299 g/mol. The van der Waals surface area contributed by atoms with Crippen LogP contribution in [-0.4, -0.2) is 31.3 Å². The number of unbranched alkanes of at least 4 members (excludes halogenated alkanes) is 7. The van der Waals surface area contributed by atoms with Crippen LogP contribution in [0.3, 0.4) is 0 Å². The highest BCUT2D eigenvalue weighted by molar-refractivity contribution is 7.91. The van der Waals surface area contributed by atoms with Crippen LogP contribution in [0, 0.1) is 0 Å². The first-order valence-corrected chi connectivity index (χ1v) is 9.81. The van der Waals surface area contributed by atoms with Gasteiger partial charge in [-0.3, -0.25) is 0 Å². The molecule has 1 aromatic rings. The van der Waals surface area contributed by atoms with E-state index in [2.05, 4.69) is 6.92 Å². The van der Waals surface area contributed by atoms with Crippen molar-refractivity contribution in [2.75, 3.05) is 5.75 Å². The van der Waals surface area contributed by atoms with E-state index in [0.717, 1.165) is 12.8 Å². The number of sulfone groups is 1. The molecule has 22 heavy (non-hydrogen) atoms. The maximum absolute atomic E-state index is 12.2. The third-order valence-electron chi connectivity index (χ3n) is 3.80. The van der Waals surface area contributed by atoms with Crippen molar-refractivity contribution >= 4 is 22.4 Å². The van der Waals surface area contributed by atoms with E-state index in [0.29, 0.717) is 11.9 Å². The molecule has 124 valence electrons. The van der Waals surface area contributed by atoms with Crippen molar-refractivity contribution in [3.05, 3.63) is 24.3 Å². The van der Waals surface area contributed by atoms with E-state index in [9.17, 15) is 8.42 Å². The standard InChI is InChI=1S/C16H27BO4S/c1-2-3-4-5-6-7-8-9-14-22(20,21)16-12-10-15(11-13-16)17(18)19/h10-13,18-19H,2-9,14H2,1H3. The summed E-state index contributed by atoms with van der Waals surface area (Å²) in [5.41, 5.74) is 0.297. The van der Waals surface area contributed by atoms with Gasteiger partial charge >= 0.3 is 7.12 Å². The van der Waals surface area contributed by atoms with E-state index in [1.165, 1.54) is 56.4 Å². The second-order valence-corrected chi connectivity index (χ2v) is 7.85. The minimum absolute atomic E-state index is 0.156. The highest BCUT2D eigenvalue weighted by Gasteiger charge is 2.16. The molecule has 0 heterocycles. The van der Waals surface area contributed by atoms with Gasteiger partial charge in [-0.05, 0) is 24.0 Å². The quantitative estimate of drug-likeness (QED) is 0.483. The lowest BCUT2D eigenvalue weighted by Gasteiger charge is -2.06. The summed E-state index contributed by atoms with van der Waals surface area (Å²) in [7, 11) is -4.83. The minimum Gasteiger partial charge on any atom is -0.423 e. The van der Waals surface area contributed by atoms with Gasteiger partial charge in [-0.15, -0.1) is 0 Å². The zero-order valence-corrected chi connectivity index (χ0v) is 14.2. The van der Waals surface area contributed by atoms with Crippen molar-refractivity contribution in [2.45, 2.75) is 63.2 Å². The molecule has 0 aliphatic rings. The summed E-state index contributed by atoms with van der Waals surface area (Å²) >= 11 is 0. The Morgan fingerprint density at radius 3 is 1.86 bits per heavy atom. The Kier molecular flexibility index (Phi) is 8.75. The number of rotatable bonds is 11. The second kappa shape index (κ2) is 10.0. The first-order valence-electron chi connectivity index (χ1n) is 8.16. The Morgan fingerprint density at radius 1 is 0.864 bits per heavy atom. The van der Waals surface area contributed by atoms with Gasteiger partial charge in [0.25, 0.3) is 0 Å². The summed E-state index contributed by atoms with van der Waals surface area (Å²) in [4.78, 5) is 0.250. The van der Waals surface area contributed by atoms with Crippen LogP contribution in [0.1, 0.15) is 58.3 Å². The van der Waals surface area contributed by atoms with Crippen molar-refractivity contribution in [2.24, 2.45) is 0 Å². The molecule has 0 spiro atoms. The van der Waals surface area contributed by atoms with Crippen LogP contribution in [0.15, 0.2) is 29.2 Å². The molecule has 0 atom stereocenters. The Morgan fingerprint density at radius 2 is 1.36 bits per heavy atom. The number of benzene rings is 1. The average Bonchev–Trinajstić information content (AvgIpc) is 2.50. The molecule has 0 bridgehead atoms. The molecule has 0 amide bonds. The largest absolute Gasteiger partial charge is 0.488 e. The molecule has 2 N–H and O–H groups in total. The minimum atomic E-state index is -3.27. The van der Waals surface area contributed by atoms with Crippen molar-refractivity contribution in [3.8, 4) is 0 Å². The summed E-state index contributed by atoms with van der Waals surface area (Å²) in [6, 6.07) is 5.75. The SMILES string of the molecule is CCCCCCCCCCS(=O)(=O)c1ccc(B(O)O)cc1. The maximum atomic E-state index is 12.2. The third kappa shape index (κ3) is 6.94. The van der Waals surface area contributed by atoms with Crippen LogP contribution in [0.5, 0.6) is 0 Å². The van der Waals surface area contributed by atoms with Gasteiger partial charge in [0, 0.05) is 0 Å². The summed E-state index contributed by atoms with van der Waals surface area (Å²) in [5, 5.41) is 18.0. The second-order valence-electron chi connectivity index (χ2n) is 5.74. The molecule has 0 aliphatic carbocycles. The fourth-order valence-electron chi connectivity index (χ4n) is 2.39. The van der Waals surface area contributed by atoms with E-state index in [-0.39, 0.29) is 10.6 Å². The topological polar surface area (TPSA) is 74.6 Å². The van der Waals surface area contributed by atoms with Crippen LogP contribution < -0.4 is 5.46 Å². The molecule has 6 heteroatoms. The van der Waals surface area contributed by atoms with Gasteiger partial charge in [-0.1, -0.05) is 64.0 Å². The molecule has 0 saturated carbocycles. The van der Waals surface area contributed by atoms with Crippen molar-refractivity contribution in [1.29, 1.82) is 0 Å². The predicted octanol–water partition coefficient (Wildman–Crippen LogP) is 2.28. The van der Waals surface area contributed by atoms with Gasteiger partial charge in [0.2, 0.25) is 0 Å². The molecular formula is C16H27BO4S.